The standard InChI is InChI=1S/C15H19NO5/c1-9-3-5-11(6-4-9)12(18)7-8-13(19)16-14(10(2)17)15(20)21/h3-6,10,14,17H,7-8H2,1-2H3,(H,16,19)(H,20,21). The van der Waals surface area contributed by atoms with E-state index < -0.39 is 24.0 Å². The van der Waals surface area contributed by atoms with Crippen LogP contribution in [0.15, 0.2) is 24.3 Å². The Morgan fingerprint density at radius 3 is 2.19 bits per heavy atom. The minimum absolute atomic E-state index is 0.0129. The largest absolute Gasteiger partial charge is 0.480 e. The van der Waals surface area contributed by atoms with Gasteiger partial charge in [0, 0.05) is 18.4 Å². The maximum atomic E-state index is 11.9. The molecule has 0 radical (unpaired) electrons. The van der Waals surface area contributed by atoms with Crippen molar-refractivity contribution in [1.82, 2.24) is 5.32 Å². The molecule has 0 saturated carbocycles. The quantitative estimate of drug-likeness (QED) is 0.648. The maximum Gasteiger partial charge on any atom is 0.328 e. The molecule has 1 aromatic carbocycles. The molecule has 0 bridgehead atoms. The molecule has 1 aromatic rings. The van der Waals surface area contributed by atoms with E-state index >= 15 is 0 Å². The van der Waals surface area contributed by atoms with E-state index in [-0.39, 0.29) is 18.6 Å². The van der Waals surface area contributed by atoms with Crippen molar-refractivity contribution in [2.45, 2.75) is 38.8 Å². The third-order valence-electron chi connectivity index (χ3n) is 3.02. The molecular weight excluding hydrogens is 274 g/mol. The average Bonchev–Trinajstić information content (AvgIpc) is 2.42. The van der Waals surface area contributed by atoms with Gasteiger partial charge in [0.15, 0.2) is 11.8 Å². The van der Waals surface area contributed by atoms with Gasteiger partial charge >= 0.3 is 5.97 Å². The van der Waals surface area contributed by atoms with Crippen LogP contribution in [0.25, 0.3) is 0 Å². The third-order valence-corrected chi connectivity index (χ3v) is 3.02. The molecule has 0 aliphatic heterocycles. The molecule has 0 heterocycles. The van der Waals surface area contributed by atoms with E-state index in [0.717, 1.165) is 5.56 Å². The van der Waals surface area contributed by atoms with E-state index in [1.165, 1.54) is 6.92 Å². The molecule has 0 aliphatic rings. The van der Waals surface area contributed by atoms with Gasteiger partial charge in [-0.05, 0) is 13.8 Å². The molecule has 0 saturated heterocycles. The van der Waals surface area contributed by atoms with Gasteiger partial charge in [-0.25, -0.2) is 4.79 Å². The lowest BCUT2D eigenvalue weighted by atomic mass is 10.0. The second-order valence-corrected chi connectivity index (χ2v) is 4.91. The number of aliphatic carboxylic acids is 1. The van der Waals surface area contributed by atoms with Gasteiger partial charge in [0.2, 0.25) is 5.91 Å². The van der Waals surface area contributed by atoms with E-state index in [0.29, 0.717) is 5.56 Å². The van der Waals surface area contributed by atoms with Crippen molar-refractivity contribution in [3.8, 4) is 0 Å². The van der Waals surface area contributed by atoms with Crippen LogP contribution in [0.3, 0.4) is 0 Å². The van der Waals surface area contributed by atoms with Gasteiger partial charge in [-0.3, -0.25) is 9.59 Å². The first-order valence-electron chi connectivity index (χ1n) is 6.61. The fourth-order valence-corrected chi connectivity index (χ4v) is 1.75. The molecule has 114 valence electrons. The number of nitrogens with one attached hydrogen (secondary N) is 1. The number of ketones is 1. The fraction of sp³-hybridized carbons (Fsp3) is 0.400. The van der Waals surface area contributed by atoms with Gasteiger partial charge in [-0.1, -0.05) is 29.8 Å². The van der Waals surface area contributed by atoms with Crippen LogP contribution in [-0.2, 0) is 9.59 Å². The summed E-state index contributed by atoms with van der Waals surface area (Å²) in [6.45, 7) is 3.18. The number of hydrogen-bond donors (Lipinski definition) is 3. The van der Waals surface area contributed by atoms with Gasteiger partial charge in [0.25, 0.3) is 0 Å². The van der Waals surface area contributed by atoms with Crippen LogP contribution in [0, 0.1) is 6.92 Å². The van der Waals surface area contributed by atoms with Crippen LogP contribution in [0.1, 0.15) is 35.7 Å². The van der Waals surface area contributed by atoms with Gasteiger partial charge in [0.1, 0.15) is 0 Å². The lowest BCUT2D eigenvalue weighted by Gasteiger charge is -2.16. The Bertz CT molecular complexity index is 521. The lowest BCUT2D eigenvalue weighted by Crippen LogP contribution is -2.47. The fourth-order valence-electron chi connectivity index (χ4n) is 1.75. The molecule has 1 rings (SSSR count). The first-order chi connectivity index (χ1) is 9.81. The summed E-state index contributed by atoms with van der Waals surface area (Å²) in [4.78, 5) is 34.3. The summed E-state index contributed by atoms with van der Waals surface area (Å²) in [5.74, 6) is -2.08. The average molecular weight is 293 g/mol. The zero-order chi connectivity index (χ0) is 16.0. The number of Topliss-reactive ketones (excluding diaryl/α,β-unsaturated/α-hetero) is 1. The Labute approximate surface area is 122 Å². The molecule has 0 fully saturated rings. The Balaban J connectivity index is 2.51. The topological polar surface area (TPSA) is 104 Å². The van der Waals surface area contributed by atoms with Crippen molar-refractivity contribution < 1.29 is 24.6 Å². The Morgan fingerprint density at radius 1 is 1.14 bits per heavy atom. The monoisotopic (exact) mass is 293 g/mol. The van der Waals surface area contributed by atoms with Crippen molar-refractivity contribution in [3.05, 3.63) is 35.4 Å². The Morgan fingerprint density at radius 2 is 1.71 bits per heavy atom. The van der Waals surface area contributed by atoms with Crippen molar-refractivity contribution >= 4 is 17.7 Å². The summed E-state index contributed by atoms with van der Waals surface area (Å²) < 4.78 is 0. The maximum absolute atomic E-state index is 11.9. The number of carboxylic acid groups (broad SMARTS) is 1. The summed E-state index contributed by atoms with van der Waals surface area (Å²) in [5, 5.41) is 20.3. The highest BCUT2D eigenvalue weighted by Gasteiger charge is 2.24. The smallest absolute Gasteiger partial charge is 0.328 e. The van der Waals surface area contributed by atoms with Crippen LogP contribution >= 0.6 is 0 Å². The highest BCUT2D eigenvalue weighted by molar-refractivity contribution is 5.98. The molecule has 6 heteroatoms. The molecule has 0 aromatic heterocycles. The van der Waals surface area contributed by atoms with Gasteiger partial charge in [-0.15, -0.1) is 0 Å². The second kappa shape index (κ2) is 7.54. The number of amides is 1. The summed E-state index contributed by atoms with van der Waals surface area (Å²) in [7, 11) is 0. The van der Waals surface area contributed by atoms with Crippen LogP contribution in [-0.4, -0.2) is 40.0 Å². The summed E-state index contributed by atoms with van der Waals surface area (Å²) in [6, 6.07) is 5.62. The van der Waals surface area contributed by atoms with Crippen molar-refractivity contribution in [2.75, 3.05) is 0 Å². The molecule has 21 heavy (non-hydrogen) atoms. The third kappa shape index (κ3) is 5.35. The van der Waals surface area contributed by atoms with E-state index in [1.807, 2.05) is 6.92 Å². The van der Waals surface area contributed by atoms with Gasteiger partial charge in [-0.2, -0.15) is 0 Å². The number of carbonyl (C=O) groups excluding carboxylic acids is 2. The summed E-state index contributed by atoms with van der Waals surface area (Å²) in [6.07, 6.45) is -1.34. The minimum Gasteiger partial charge on any atom is -0.480 e. The SMILES string of the molecule is Cc1ccc(C(=O)CCC(=O)NC(C(=O)O)C(C)O)cc1. The van der Waals surface area contributed by atoms with Crippen LogP contribution in [0.5, 0.6) is 0 Å². The number of hydrogen-bond acceptors (Lipinski definition) is 4. The number of carboxylic acids is 1. The van der Waals surface area contributed by atoms with Crippen LogP contribution in [0.4, 0.5) is 0 Å². The van der Waals surface area contributed by atoms with E-state index in [9.17, 15) is 19.5 Å². The zero-order valence-corrected chi connectivity index (χ0v) is 12.0. The van der Waals surface area contributed by atoms with Gasteiger partial charge in [0.05, 0.1) is 6.10 Å². The van der Waals surface area contributed by atoms with Crippen LogP contribution in [0.2, 0.25) is 0 Å². The highest BCUT2D eigenvalue weighted by Crippen LogP contribution is 2.08. The highest BCUT2D eigenvalue weighted by atomic mass is 16.4. The molecule has 1 amide bonds. The molecule has 3 N–H and O–H groups in total. The van der Waals surface area contributed by atoms with Crippen molar-refractivity contribution in [2.24, 2.45) is 0 Å². The number of benzene rings is 1. The number of aryl methyl sites for hydroxylation is 1. The Kier molecular flexibility index (Phi) is 6.05. The number of aliphatic hydroxyl groups is 1. The molecule has 6 nitrogen and oxygen atoms in total. The molecule has 2 atom stereocenters. The molecular formula is C15H19NO5. The predicted octanol–water partition coefficient (Wildman–Crippen LogP) is 0.908. The molecule has 0 spiro atoms. The predicted molar refractivity (Wildman–Crippen MR) is 76.0 cm³/mol. The summed E-state index contributed by atoms with van der Waals surface area (Å²) in [5.41, 5.74) is 1.55. The first kappa shape index (κ1) is 16.8. The number of rotatable bonds is 7. The number of aliphatic hydroxyl groups excluding tert-OH is 1. The van der Waals surface area contributed by atoms with E-state index in [1.54, 1.807) is 24.3 Å². The molecule has 2 unspecified atom stereocenters. The van der Waals surface area contributed by atoms with E-state index in [4.69, 9.17) is 5.11 Å². The zero-order valence-electron chi connectivity index (χ0n) is 12.0. The van der Waals surface area contributed by atoms with Crippen molar-refractivity contribution in [1.29, 1.82) is 0 Å². The molecule has 0 aliphatic carbocycles. The normalized spacial score (nSPS) is 13.3. The second-order valence-electron chi connectivity index (χ2n) is 4.91. The lowest BCUT2D eigenvalue weighted by molar-refractivity contribution is -0.144. The minimum atomic E-state index is -1.37. The van der Waals surface area contributed by atoms with E-state index in [2.05, 4.69) is 5.32 Å². The number of carbonyl (C=O) groups is 3. The van der Waals surface area contributed by atoms with Crippen LogP contribution < -0.4 is 5.32 Å². The summed E-state index contributed by atoms with van der Waals surface area (Å²) >= 11 is 0. The van der Waals surface area contributed by atoms with Gasteiger partial charge < -0.3 is 15.5 Å². The van der Waals surface area contributed by atoms with Crippen molar-refractivity contribution in [3.63, 3.8) is 0 Å². The Hall–Kier alpha value is -2.21. The first-order valence-corrected chi connectivity index (χ1v) is 6.61.